The number of aromatic nitrogens is 3. The van der Waals surface area contributed by atoms with E-state index < -0.39 is 0 Å². The second-order valence-corrected chi connectivity index (χ2v) is 7.53. The van der Waals surface area contributed by atoms with E-state index in [1.807, 2.05) is 66.3 Å². The molecule has 0 aliphatic rings. The van der Waals surface area contributed by atoms with Crippen LogP contribution in [0.15, 0.2) is 88.5 Å². The van der Waals surface area contributed by atoms with Gasteiger partial charge in [0.2, 0.25) is 0 Å². The molecular formula is C23H22N4OS. The molecule has 4 aromatic rings. The number of hydrogen-bond donors (Lipinski definition) is 0. The molecule has 0 spiro atoms. The van der Waals surface area contributed by atoms with Crippen LogP contribution in [0.1, 0.15) is 0 Å². The molecule has 4 rings (SSSR count). The molecule has 6 heteroatoms. The van der Waals surface area contributed by atoms with E-state index in [1.54, 1.807) is 11.7 Å². The summed E-state index contributed by atoms with van der Waals surface area (Å²) < 4.78 is 5.53. The number of allylic oxidation sites excluding steroid dienone is 1. The summed E-state index contributed by atoms with van der Waals surface area (Å²) >= 11 is 1.52. The van der Waals surface area contributed by atoms with Gasteiger partial charge in [-0.15, -0.1) is 17.9 Å². The topological polar surface area (TPSA) is 44.2 Å². The van der Waals surface area contributed by atoms with Crippen molar-refractivity contribution in [3.8, 4) is 22.5 Å². The molecule has 0 amide bonds. The van der Waals surface area contributed by atoms with Crippen LogP contribution < -0.4 is 10.4 Å². The summed E-state index contributed by atoms with van der Waals surface area (Å²) in [4.78, 5) is 18.6. The fourth-order valence-electron chi connectivity index (χ4n) is 3.37. The van der Waals surface area contributed by atoms with Gasteiger partial charge < -0.3 is 4.57 Å². The van der Waals surface area contributed by atoms with Crippen LogP contribution >= 0.6 is 11.3 Å². The quantitative estimate of drug-likeness (QED) is 0.458. The Bertz CT molecular complexity index is 1270. The number of nitrogens with zero attached hydrogens (tertiary/aromatic N) is 4. The highest BCUT2D eigenvalue weighted by Gasteiger charge is 2.18. The molecule has 2 aromatic heterocycles. The van der Waals surface area contributed by atoms with Crippen LogP contribution in [0.5, 0.6) is 0 Å². The average molecular weight is 403 g/mol. The van der Waals surface area contributed by atoms with E-state index in [0.717, 1.165) is 27.3 Å². The fourth-order valence-corrected chi connectivity index (χ4v) is 4.30. The van der Waals surface area contributed by atoms with Gasteiger partial charge in [0, 0.05) is 31.6 Å². The zero-order valence-electron chi connectivity index (χ0n) is 16.4. The Morgan fingerprint density at radius 1 is 0.966 bits per heavy atom. The molecule has 5 nitrogen and oxygen atoms in total. The Balaban J connectivity index is 1.97. The molecule has 0 aliphatic carbocycles. The average Bonchev–Trinajstić information content (AvgIpc) is 3.24. The molecule has 29 heavy (non-hydrogen) atoms. The molecule has 0 N–H and O–H groups in total. The number of thiazole rings is 1. The third-order valence-corrected chi connectivity index (χ3v) is 5.79. The molecule has 0 fully saturated rings. The summed E-state index contributed by atoms with van der Waals surface area (Å²) in [6, 6.07) is 20.1. The highest BCUT2D eigenvalue weighted by atomic mass is 32.1. The molecule has 0 unspecified atom stereocenters. The molecule has 0 atom stereocenters. The first-order chi connectivity index (χ1) is 14.1. The van der Waals surface area contributed by atoms with Gasteiger partial charge in [-0.25, -0.2) is 4.99 Å². The smallest absolute Gasteiger partial charge is 0.293 e. The molecule has 2 aromatic carbocycles. The lowest BCUT2D eigenvalue weighted by Gasteiger charge is -2.07. The SMILES string of the molecule is C=CCn1c(-c2ccccc2)csc1=Nc1c(-c2ccccc2)n(C)n(C)c1=O. The third-order valence-electron chi connectivity index (χ3n) is 4.93. The predicted molar refractivity (Wildman–Crippen MR) is 119 cm³/mol. The van der Waals surface area contributed by atoms with Crippen molar-refractivity contribution in [2.75, 3.05) is 0 Å². The summed E-state index contributed by atoms with van der Waals surface area (Å²) in [6.07, 6.45) is 1.85. The van der Waals surface area contributed by atoms with E-state index in [4.69, 9.17) is 4.99 Å². The van der Waals surface area contributed by atoms with Gasteiger partial charge in [-0.1, -0.05) is 66.7 Å². The first kappa shape index (κ1) is 19.0. The lowest BCUT2D eigenvalue weighted by molar-refractivity contribution is 0.584. The number of hydrogen-bond acceptors (Lipinski definition) is 3. The molecular weight excluding hydrogens is 380 g/mol. The van der Waals surface area contributed by atoms with E-state index in [9.17, 15) is 4.79 Å². The standard InChI is InChI=1S/C23H22N4OS/c1-4-15-27-19(17-11-7-5-8-12-17)16-29-23(27)24-20-21(18-13-9-6-10-14-18)25(2)26(3)22(20)28/h4-14,16H,1,15H2,2-3H3. The van der Waals surface area contributed by atoms with Gasteiger partial charge in [0.15, 0.2) is 10.5 Å². The van der Waals surface area contributed by atoms with Crippen molar-refractivity contribution < 1.29 is 0 Å². The van der Waals surface area contributed by atoms with Crippen LogP contribution in [0.3, 0.4) is 0 Å². The lowest BCUT2D eigenvalue weighted by Crippen LogP contribution is -2.18. The highest BCUT2D eigenvalue weighted by Crippen LogP contribution is 2.27. The molecule has 0 saturated heterocycles. The van der Waals surface area contributed by atoms with Crippen LogP contribution in [-0.4, -0.2) is 13.9 Å². The molecule has 0 radical (unpaired) electrons. The van der Waals surface area contributed by atoms with Crippen molar-refractivity contribution in [3.05, 3.63) is 93.9 Å². The normalized spacial score (nSPS) is 11.7. The monoisotopic (exact) mass is 402 g/mol. The molecule has 0 bridgehead atoms. The van der Waals surface area contributed by atoms with Crippen LogP contribution in [0.25, 0.3) is 22.5 Å². The van der Waals surface area contributed by atoms with Gasteiger partial charge in [0.25, 0.3) is 5.56 Å². The summed E-state index contributed by atoms with van der Waals surface area (Å²) in [5.74, 6) is 0. The number of benzene rings is 2. The van der Waals surface area contributed by atoms with Crippen LogP contribution in [0.4, 0.5) is 5.69 Å². The third kappa shape index (κ3) is 3.43. The van der Waals surface area contributed by atoms with Crippen molar-refractivity contribution in [2.45, 2.75) is 6.54 Å². The van der Waals surface area contributed by atoms with Crippen molar-refractivity contribution >= 4 is 17.0 Å². The Hall–Kier alpha value is -3.38. The second-order valence-electron chi connectivity index (χ2n) is 6.70. The van der Waals surface area contributed by atoms with Crippen LogP contribution in [0.2, 0.25) is 0 Å². The largest absolute Gasteiger partial charge is 0.313 e. The Kier molecular flexibility index (Phi) is 5.18. The maximum atomic E-state index is 13.0. The van der Waals surface area contributed by atoms with Gasteiger partial charge in [-0.05, 0) is 5.56 Å². The second kappa shape index (κ2) is 7.93. The lowest BCUT2D eigenvalue weighted by atomic mass is 10.1. The summed E-state index contributed by atoms with van der Waals surface area (Å²) in [6.45, 7) is 4.50. The van der Waals surface area contributed by atoms with Crippen LogP contribution in [0, 0.1) is 0 Å². The minimum Gasteiger partial charge on any atom is -0.313 e. The van der Waals surface area contributed by atoms with Crippen molar-refractivity contribution in [1.29, 1.82) is 0 Å². The number of rotatable bonds is 5. The molecule has 0 saturated carbocycles. The van der Waals surface area contributed by atoms with Gasteiger partial charge in [-0.2, -0.15) is 0 Å². The van der Waals surface area contributed by atoms with Crippen LogP contribution in [-0.2, 0) is 20.6 Å². The van der Waals surface area contributed by atoms with Crippen molar-refractivity contribution in [2.24, 2.45) is 19.1 Å². The van der Waals surface area contributed by atoms with Gasteiger partial charge in [-0.3, -0.25) is 14.2 Å². The predicted octanol–water partition coefficient (Wildman–Crippen LogP) is 4.34. The van der Waals surface area contributed by atoms with E-state index in [0.29, 0.717) is 12.2 Å². The highest BCUT2D eigenvalue weighted by molar-refractivity contribution is 7.07. The van der Waals surface area contributed by atoms with Gasteiger partial charge in [0.1, 0.15) is 0 Å². The van der Waals surface area contributed by atoms with E-state index in [2.05, 4.69) is 28.7 Å². The maximum Gasteiger partial charge on any atom is 0.293 e. The Labute approximate surface area is 173 Å². The fraction of sp³-hybridized carbons (Fsp3) is 0.130. The summed E-state index contributed by atoms with van der Waals surface area (Å²) in [5.41, 5.74) is 4.26. The van der Waals surface area contributed by atoms with Gasteiger partial charge >= 0.3 is 0 Å². The van der Waals surface area contributed by atoms with Crippen molar-refractivity contribution in [1.82, 2.24) is 13.9 Å². The first-order valence-electron chi connectivity index (χ1n) is 9.32. The van der Waals surface area contributed by atoms with E-state index in [-0.39, 0.29) is 5.56 Å². The Morgan fingerprint density at radius 2 is 1.59 bits per heavy atom. The van der Waals surface area contributed by atoms with E-state index >= 15 is 0 Å². The minimum atomic E-state index is -0.119. The summed E-state index contributed by atoms with van der Waals surface area (Å²) in [5, 5.41) is 2.08. The molecule has 146 valence electrons. The molecule has 0 aliphatic heterocycles. The molecule has 2 heterocycles. The minimum absolute atomic E-state index is 0.119. The van der Waals surface area contributed by atoms with Crippen molar-refractivity contribution in [3.63, 3.8) is 0 Å². The zero-order chi connectivity index (χ0) is 20.4. The van der Waals surface area contributed by atoms with E-state index in [1.165, 1.54) is 11.3 Å². The first-order valence-corrected chi connectivity index (χ1v) is 10.2. The summed E-state index contributed by atoms with van der Waals surface area (Å²) in [7, 11) is 3.64. The van der Waals surface area contributed by atoms with Gasteiger partial charge in [0.05, 0.1) is 11.4 Å². The maximum absolute atomic E-state index is 13.0. The zero-order valence-corrected chi connectivity index (χ0v) is 17.3. The Morgan fingerprint density at radius 3 is 2.21 bits per heavy atom.